The molecule has 0 amide bonds. The van der Waals surface area contributed by atoms with Gasteiger partial charge in [0.25, 0.3) is 10.0 Å². The molecule has 0 aromatic heterocycles. The fourth-order valence-electron chi connectivity index (χ4n) is 2.95. The minimum Gasteiger partial charge on any atom is -0.355 e. The summed E-state index contributed by atoms with van der Waals surface area (Å²) in [6, 6.07) is 7.12. The number of fused-ring (bicyclic) bond motifs is 1. The van der Waals surface area contributed by atoms with Gasteiger partial charge in [-0.3, -0.25) is 0 Å². The number of hydrogen-bond donors (Lipinski definition) is 0. The lowest BCUT2D eigenvalue weighted by atomic mass is 9.85. The topological polar surface area (TPSA) is 49.7 Å². The quantitative estimate of drug-likeness (QED) is 0.738. The molecule has 0 spiro atoms. The molecule has 0 unspecified atom stereocenters. The first-order valence-electron chi connectivity index (χ1n) is 7.08. The second-order valence-electron chi connectivity index (χ2n) is 6.39. The van der Waals surface area contributed by atoms with Gasteiger partial charge in [0.1, 0.15) is 4.90 Å². The summed E-state index contributed by atoms with van der Waals surface area (Å²) in [5, 5.41) is 0. The van der Waals surface area contributed by atoms with Crippen LogP contribution in [0.2, 0.25) is 0 Å². The van der Waals surface area contributed by atoms with Crippen LogP contribution in [0.4, 0.5) is 0 Å². The van der Waals surface area contributed by atoms with Gasteiger partial charge in [-0.25, -0.2) is 0 Å². The first kappa shape index (κ1) is 13.6. The molecule has 108 valence electrons. The summed E-state index contributed by atoms with van der Waals surface area (Å²) >= 11 is 0. The molecule has 5 heteroatoms. The number of nitrogens with zero attached hydrogens (tertiary/aromatic N) is 2. The van der Waals surface area contributed by atoms with Crippen molar-refractivity contribution in [3.8, 4) is 0 Å². The van der Waals surface area contributed by atoms with Crippen LogP contribution in [0.25, 0.3) is 0 Å². The van der Waals surface area contributed by atoms with Crippen molar-refractivity contribution >= 4 is 15.9 Å². The molecular weight excluding hydrogens is 272 g/mol. The summed E-state index contributed by atoms with van der Waals surface area (Å²) < 4.78 is 28.2. The predicted octanol–water partition coefficient (Wildman–Crippen LogP) is 2.65. The fourth-order valence-corrected chi connectivity index (χ4v) is 4.18. The van der Waals surface area contributed by atoms with Crippen LogP contribution in [-0.4, -0.2) is 32.2 Å². The minimum atomic E-state index is -3.50. The number of rotatable bonds is 0. The van der Waals surface area contributed by atoms with Gasteiger partial charge in [0, 0.05) is 18.7 Å². The molecule has 0 aliphatic carbocycles. The first-order valence-corrected chi connectivity index (χ1v) is 8.52. The zero-order chi connectivity index (χ0) is 14.4. The third-order valence-corrected chi connectivity index (χ3v) is 5.58. The van der Waals surface area contributed by atoms with Crippen LogP contribution in [0.1, 0.15) is 38.7 Å². The highest BCUT2D eigenvalue weighted by Crippen LogP contribution is 2.33. The predicted molar refractivity (Wildman–Crippen MR) is 79.4 cm³/mol. The second kappa shape index (κ2) is 4.58. The molecule has 0 N–H and O–H groups in total. The molecule has 2 aliphatic rings. The third kappa shape index (κ3) is 2.35. The molecule has 4 nitrogen and oxygen atoms in total. The van der Waals surface area contributed by atoms with Gasteiger partial charge in [-0.1, -0.05) is 26.0 Å². The normalized spacial score (nSPS) is 23.9. The summed E-state index contributed by atoms with van der Waals surface area (Å²) in [7, 11) is -3.50. The zero-order valence-corrected chi connectivity index (χ0v) is 12.8. The molecule has 1 aromatic rings. The van der Waals surface area contributed by atoms with E-state index in [1.807, 2.05) is 12.1 Å². The van der Waals surface area contributed by atoms with Gasteiger partial charge in [0.05, 0.1) is 0 Å². The highest BCUT2D eigenvalue weighted by Gasteiger charge is 2.33. The van der Waals surface area contributed by atoms with Crippen molar-refractivity contribution in [1.29, 1.82) is 0 Å². The Morgan fingerprint density at radius 3 is 2.70 bits per heavy atom. The molecule has 0 radical (unpaired) electrons. The molecule has 3 rings (SSSR count). The van der Waals surface area contributed by atoms with Crippen LogP contribution >= 0.6 is 0 Å². The fraction of sp³-hybridized carbons (Fsp3) is 0.533. The highest BCUT2D eigenvalue weighted by atomic mass is 32.2. The van der Waals surface area contributed by atoms with E-state index in [0.29, 0.717) is 16.1 Å². The van der Waals surface area contributed by atoms with Crippen molar-refractivity contribution in [2.45, 2.75) is 38.0 Å². The zero-order valence-electron chi connectivity index (χ0n) is 12.0. The van der Waals surface area contributed by atoms with Gasteiger partial charge >= 0.3 is 0 Å². The van der Waals surface area contributed by atoms with E-state index in [1.54, 1.807) is 12.1 Å². The smallest absolute Gasteiger partial charge is 0.285 e. The molecule has 1 saturated heterocycles. The number of amidine groups is 1. The molecule has 0 bridgehead atoms. The van der Waals surface area contributed by atoms with Crippen molar-refractivity contribution in [2.75, 3.05) is 13.1 Å². The lowest BCUT2D eigenvalue weighted by Crippen LogP contribution is -2.32. The molecule has 0 atom stereocenters. The van der Waals surface area contributed by atoms with Crippen LogP contribution in [0.3, 0.4) is 0 Å². The SMILES string of the molecule is CC1(C)CCCN(C2=NS(=O)(=O)c3ccccc32)CC1. The van der Waals surface area contributed by atoms with Crippen LogP contribution in [-0.2, 0) is 10.0 Å². The van der Waals surface area contributed by atoms with Crippen LogP contribution < -0.4 is 0 Å². The number of likely N-dealkylation sites (tertiary alicyclic amines) is 1. The van der Waals surface area contributed by atoms with Gasteiger partial charge in [-0.15, -0.1) is 4.40 Å². The second-order valence-corrected chi connectivity index (χ2v) is 7.96. The average molecular weight is 292 g/mol. The average Bonchev–Trinajstić information content (AvgIpc) is 2.54. The Kier molecular flexibility index (Phi) is 3.12. The van der Waals surface area contributed by atoms with Crippen molar-refractivity contribution in [2.24, 2.45) is 9.81 Å². The van der Waals surface area contributed by atoms with Gasteiger partial charge < -0.3 is 4.90 Å². The van der Waals surface area contributed by atoms with Crippen molar-refractivity contribution in [3.63, 3.8) is 0 Å². The maximum atomic E-state index is 12.1. The van der Waals surface area contributed by atoms with Crippen molar-refractivity contribution in [1.82, 2.24) is 4.90 Å². The number of hydrogen-bond acceptors (Lipinski definition) is 3. The number of benzene rings is 1. The standard InChI is InChI=1S/C15H20N2O2S/c1-15(2)8-5-10-17(11-9-15)14-12-6-3-4-7-13(12)20(18,19)16-14/h3-4,6-7H,5,8-11H2,1-2H3. The summed E-state index contributed by atoms with van der Waals surface area (Å²) in [6.07, 6.45) is 3.31. The van der Waals surface area contributed by atoms with Crippen LogP contribution in [0.15, 0.2) is 33.6 Å². The molecule has 1 fully saturated rings. The first-order chi connectivity index (χ1) is 9.39. The minimum absolute atomic E-state index is 0.326. The Labute approximate surface area is 120 Å². The van der Waals surface area contributed by atoms with Gasteiger partial charge in [0.2, 0.25) is 0 Å². The maximum Gasteiger partial charge on any atom is 0.285 e. The molecule has 2 aliphatic heterocycles. The van der Waals surface area contributed by atoms with E-state index in [2.05, 4.69) is 23.1 Å². The molecule has 1 aromatic carbocycles. The largest absolute Gasteiger partial charge is 0.355 e. The Hall–Kier alpha value is -1.36. The van der Waals surface area contributed by atoms with E-state index in [9.17, 15) is 8.42 Å². The van der Waals surface area contributed by atoms with Crippen molar-refractivity contribution < 1.29 is 8.42 Å². The molecule has 2 heterocycles. The third-order valence-electron chi connectivity index (χ3n) is 4.25. The monoisotopic (exact) mass is 292 g/mol. The van der Waals surface area contributed by atoms with Crippen LogP contribution in [0.5, 0.6) is 0 Å². The van der Waals surface area contributed by atoms with Gasteiger partial charge in [0.15, 0.2) is 5.84 Å². The summed E-state index contributed by atoms with van der Waals surface area (Å²) in [6.45, 7) is 6.30. The summed E-state index contributed by atoms with van der Waals surface area (Å²) in [5.41, 5.74) is 1.08. The molecular formula is C15H20N2O2S. The lowest BCUT2D eigenvalue weighted by Gasteiger charge is -2.24. The Bertz CT molecular complexity index is 662. The summed E-state index contributed by atoms with van der Waals surface area (Å²) in [5.74, 6) is 0.637. The maximum absolute atomic E-state index is 12.1. The van der Waals surface area contributed by atoms with Crippen LogP contribution in [0, 0.1) is 5.41 Å². The summed E-state index contributed by atoms with van der Waals surface area (Å²) in [4.78, 5) is 2.48. The Morgan fingerprint density at radius 2 is 1.90 bits per heavy atom. The lowest BCUT2D eigenvalue weighted by molar-refractivity contribution is 0.314. The van der Waals surface area contributed by atoms with Gasteiger partial charge in [-0.2, -0.15) is 8.42 Å². The van der Waals surface area contributed by atoms with E-state index >= 15 is 0 Å². The van der Waals surface area contributed by atoms with E-state index in [-0.39, 0.29) is 0 Å². The van der Waals surface area contributed by atoms with E-state index in [1.165, 1.54) is 6.42 Å². The molecule has 20 heavy (non-hydrogen) atoms. The highest BCUT2D eigenvalue weighted by molar-refractivity contribution is 7.90. The van der Waals surface area contributed by atoms with Gasteiger partial charge in [-0.05, 0) is 36.8 Å². The number of sulfonamides is 1. The van der Waals surface area contributed by atoms with E-state index in [4.69, 9.17) is 0 Å². The Morgan fingerprint density at radius 1 is 1.15 bits per heavy atom. The van der Waals surface area contributed by atoms with E-state index in [0.717, 1.165) is 31.5 Å². The Balaban J connectivity index is 1.96. The van der Waals surface area contributed by atoms with E-state index < -0.39 is 10.0 Å². The molecule has 0 saturated carbocycles. The van der Waals surface area contributed by atoms with Crippen molar-refractivity contribution in [3.05, 3.63) is 29.8 Å².